The van der Waals surface area contributed by atoms with Gasteiger partial charge in [0.05, 0.1) is 10.6 Å². The fraction of sp³-hybridized carbons (Fsp3) is 0.182. The van der Waals surface area contributed by atoms with Crippen LogP contribution in [-0.2, 0) is 6.42 Å². The first-order valence-electron chi connectivity index (χ1n) is 5.50. The van der Waals surface area contributed by atoms with Crippen molar-refractivity contribution in [3.8, 4) is 10.6 Å². The average molecular weight is 261 g/mol. The molecule has 0 atom stereocenters. The molecule has 0 unspecified atom stereocenters. The van der Waals surface area contributed by atoms with E-state index in [1.165, 1.54) is 10.5 Å². The molecular formula is C11H11N5OS. The molecule has 0 saturated carbocycles. The molecule has 0 aliphatic carbocycles. The van der Waals surface area contributed by atoms with Gasteiger partial charge in [0.1, 0.15) is 5.82 Å². The van der Waals surface area contributed by atoms with Crippen LogP contribution in [0.3, 0.4) is 0 Å². The van der Waals surface area contributed by atoms with Crippen molar-refractivity contribution >= 4 is 17.1 Å². The van der Waals surface area contributed by atoms with E-state index in [9.17, 15) is 4.79 Å². The normalized spacial score (nSPS) is 11.2. The molecule has 7 heteroatoms. The summed E-state index contributed by atoms with van der Waals surface area (Å²) < 4.78 is 1.46. The number of rotatable bonds is 3. The quantitative estimate of drug-likeness (QED) is 0.724. The summed E-state index contributed by atoms with van der Waals surface area (Å²) in [7, 11) is 0. The average Bonchev–Trinajstić information content (AvgIpc) is 2.98. The molecule has 3 aromatic rings. The molecule has 3 N–H and O–H groups in total. The van der Waals surface area contributed by atoms with Crippen molar-refractivity contribution in [3.63, 3.8) is 0 Å². The molecule has 3 rings (SSSR count). The highest BCUT2D eigenvalue weighted by atomic mass is 32.1. The summed E-state index contributed by atoms with van der Waals surface area (Å²) in [4.78, 5) is 17.4. The minimum absolute atomic E-state index is 0.138. The van der Waals surface area contributed by atoms with Crippen LogP contribution in [0.2, 0.25) is 0 Å². The molecule has 6 nitrogen and oxygen atoms in total. The molecule has 0 aromatic carbocycles. The molecule has 0 saturated heterocycles. The van der Waals surface area contributed by atoms with Crippen molar-refractivity contribution in [2.45, 2.75) is 6.42 Å². The molecule has 0 aliphatic rings. The summed E-state index contributed by atoms with van der Waals surface area (Å²) in [6.45, 7) is 0.444. The van der Waals surface area contributed by atoms with E-state index in [1.54, 1.807) is 11.3 Å². The van der Waals surface area contributed by atoms with E-state index in [-0.39, 0.29) is 5.56 Å². The highest BCUT2D eigenvalue weighted by Gasteiger charge is 2.10. The second-order valence-corrected chi connectivity index (χ2v) is 4.74. The number of hydrogen-bond acceptors (Lipinski definition) is 5. The first-order chi connectivity index (χ1) is 8.79. The number of nitrogens with zero attached hydrogens (tertiary/aromatic N) is 3. The smallest absolute Gasteiger partial charge is 0.261 e. The van der Waals surface area contributed by atoms with Crippen molar-refractivity contribution in [1.82, 2.24) is 19.6 Å². The molecule has 0 radical (unpaired) electrons. The van der Waals surface area contributed by atoms with Crippen LogP contribution in [0.1, 0.15) is 5.82 Å². The Kier molecular flexibility index (Phi) is 2.69. The van der Waals surface area contributed by atoms with Crippen LogP contribution in [0.5, 0.6) is 0 Å². The van der Waals surface area contributed by atoms with Gasteiger partial charge in [0.15, 0.2) is 0 Å². The summed E-state index contributed by atoms with van der Waals surface area (Å²) >= 11 is 1.55. The minimum Gasteiger partial charge on any atom is -0.330 e. The topological polar surface area (TPSA) is 89.1 Å². The molecule has 0 bridgehead atoms. The second-order valence-electron chi connectivity index (χ2n) is 3.79. The van der Waals surface area contributed by atoms with Crippen LogP contribution in [0.15, 0.2) is 28.4 Å². The van der Waals surface area contributed by atoms with Gasteiger partial charge in [-0.1, -0.05) is 6.07 Å². The van der Waals surface area contributed by atoms with Crippen LogP contribution in [0, 0.1) is 0 Å². The third kappa shape index (κ3) is 1.73. The Bertz CT molecular complexity index is 728. The fourth-order valence-corrected chi connectivity index (χ4v) is 2.50. The third-order valence-electron chi connectivity index (χ3n) is 2.60. The number of nitrogens with one attached hydrogen (secondary N) is 1. The maximum atomic E-state index is 12.1. The molecule has 0 spiro atoms. The van der Waals surface area contributed by atoms with E-state index >= 15 is 0 Å². The molecule has 92 valence electrons. The number of nitrogens with two attached hydrogens (primary N) is 1. The first kappa shape index (κ1) is 11.1. The van der Waals surface area contributed by atoms with Crippen LogP contribution < -0.4 is 11.3 Å². The van der Waals surface area contributed by atoms with Crippen molar-refractivity contribution in [2.75, 3.05) is 6.54 Å². The van der Waals surface area contributed by atoms with Crippen molar-refractivity contribution in [3.05, 3.63) is 39.8 Å². The van der Waals surface area contributed by atoms with Crippen LogP contribution >= 0.6 is 11.3 Å². The third-order valence-corrected chi connectivity index (χ3v) is 3.50. The monoisotopic (exact) mass is 261 g/mol. The highest BCUT2D eigenvalue weighted by molar-refractivity contribution is 7.13. The summed E-state index contributed by atoms with van der Waals surface area (Å²) in [6.07, 6.45) is 0.542. The molecule has 3 aromatic heterocycles. The largest absolute Gasteiger partial charge is 0.330 e. The van der Waals surface area contributed by atoms with Gasteiger partial charge in [0.25, 0.3) is 5.56 Å². The number of aromatic amines is 1. The van der Waals surface area contributed by atoms with E-state index in [0.29, 0.717) is 30.3 Å². The van der Waals surface area contributed by atoms with E-state index < -0.39 is 0 Å². The van der Waals surface area contributed by atoms with Gasteiger partial charge in [-0.05, 0) is 18.0 Å². The van der Waals surface area contributed by atoms with Crippen molar-refractivity contribution < 1.29 is 0 Å². The lowest BCUT2D eigenvalue weighted by Crippen LogP contribution is -2.17. The summed E-state index contributed by atoms with van der Waals surface area (Å²) in [5.74, 6) is 1.07. The highest BCUT2D eigenvalue weighted by Crippen LogP contribution is 2.21. The molecular weight excluding hydrogens is 250 g/mol. The van der Waals surface area contributed by atoms with E-state index in [0.717, 1.165) is 4.88 Å². The Morgan fingerprint density at radius 1 is 1.50 bits per heavy atom. The predicted octanol–water partition coefficient (Wildman–Crippen LogP) is 0.647. The van der Waals surface area contributed by atoms with Crippen LogP contribution in [-0.4, -0.2) is 26.1 Å². The fourth-order valence-electron chi connectivity index (χ4n) is 1.82. The standard InChI is InChI=1S/C11H11N5OS/c12-4-3-9-14-15-11-13-7(6-10(17)16(9)11)8-2-1-5-18-8/h1-2,5-6H,3-4,12H2,(H,13,15). The second kappa shape index (κ2) is 4.35. The van der Waals surface area contributed by atoms with Gasteiger partial charge in [-0.2, -0.15) is 5.10 Å². The van der Waals surface area contributed by atoms with Crippen LogP contribution in [0.4, 0.5) is 0 Å². The van der Waals surface area contributed by atoms with Crippen LogP contribution in [0.25, 0.3) is 16.3 Å². The lowest BCUT2D eigenvalue weighted by Gasteiger charge is -1.99. The number of fused-ring (bicyclic) bond motifs is 1. The zero-order chi connectivity index (χ0) is 12.5. The molecule has 0 fully saturated rings. The number of thiophene rings is 1. The summed E-state index contributed by atoms with van der Waals surface area (Å²) in [5, 5.41) is 8.78. The zero-order valence-electron chi connectivity index (χ0n) is 9.46. The Labute approximate surface area is 106 Å². The van der Waals surface area contributed by atoms with E-state index in [2.05, 4.69) is 15.2 Å². The number of aromatic nitrogens is 4. The van der Waals surface area contributed by atoms with Gasteiger partial charge < -0.3 is 5.73 Å². The SMILES string of the molecule is NCCc1n[nH]c2nc(-c3cccs3)cc(=O)n12. The summed E-state index contributed by atoms with van der Waals surface area (Å²) in [5.41, 5.74) is 6.01. The Hall–Kier alpha value is -1.99. The summed E-state index contributed by atoms with van der Waals surface area (Å²) in [6, 6.07) is 5.38. The molecule has 3 heterocycles. The lowest BCUT2D eigenvalue weighted by molar-refractivity contribution is 0.836. The number of hydrogen-bond donors (Lipinski definition) is 2. The Balaban J connectivity index is 2.21. The van der Waals surface area contributed by atoms with Gasteiger partial charge >= 0.3 is 0 Å². The predicted molar refractivity (Wildman–Crippen MR) is 69.7 cm³/mol. The minimum atomic E-state index is -0.138. The van der Waals surface area contributed by atoms with Crippen molar-refractivity contribution in [2.24, 2.45) is 5.73 Å². The maximum Gasteiger partial charge on any atom is 0.261 e. The molecule has 0 amide bonds. The Morgan fingerprint density at radius 3 is 3.11 bits per heavy atom. The zero-order valence-corrected chi connectivity index (χ0v) is 10.3. The van der Waals surface area contributed by atoms with Gasteiger partial charge in [0.2, 0.25) is 5.78 Å². The van der Waals surface area contributed by atoms with E-state index in [1.807, 2.05) is 17.5 Å². The first-order valence-corrected chi connectivity index (χ1v) is 6.38. The van der Waals surface area contributed by atoms with E-state index in [4.69, 9.17) is 5.73 Å². The Morgan fingerprint density at radius 2 is 2.39 bits per heavy atom. The number of H-pyrrole nitrogens is 1. The van der Waals surface area contributed by atoms with Crippen molar-refractivity contribution in [1.29, 1.82) is 0 Å². The van der Waals surface area contributed by atoms with Gasteiger partial charge in [-0.15, -0.1) is 11.3 Å². The van der Waals surface area contributed by atoms with Gasteiger partial charge in [-0.3, -0.25) is 4.79 Å². The van der Waals surface area contributed by atoms with Gasteiger partial charge in [-0.25, -0.2) is 14.5 Å². The molecule has 0 aliphatic heterocycles. The lowest BCUT2D eigenvalue weighted by atomic mass is 10.3. The molecule has 18 heavy (non-hydrogen) atoms. The van der Waals surface area contributed by atoms with Gasteiger partial charge in [0, 0.05) is 12.5 Å². The maximum absolute atomic E-state index is 12.1.